The summed E-state index contributed by atoms with van der Waals surface area (Å²) >= 11 is 0. The van der Waals surface area contributed by atoms with E-state index in [9.17, 15) is 24.0 Å². The first-order chi connectivity index (χ1) is 43.4. The van der Waals surface area contributed by atoms with Crippen LogP contribution in [0.2, 0.25) is 0 Å². The number of benzene rings is 3. The third-order valence-electron chi connectivity index (χ3n) is 21.5. The summed E-state index contributed by atoms with van der Waals surface area (Å²) in [5, 5.41) is 0. The number of hydrogen-bond acceptors (Lipinski definition) is 8. The molecule has 4 aliphatic carbocycles. The van der Waals surface area contributed by atoms with Gasteiger partial charge in [0.1, 0.15) is 28.3 Å². The Morgan fingerprint density at radius 2 is 0.708 bits per heavy atom. The van der Waals surface area contributed by atoms with Crippen LogP contribution in [0.1, 0.15) is 212 Å². The molecule has 0 N–H and O–H groups in total. The van der Waals surface area contributed by atoms with Crippen molar-refractivity contribution in [3.63, 3.8) is 0 Å². The van der Waals surface area contributed by atoms with E-state index in [-0.39, 0.29) is 29.0 Å². The van der Waals surface area contributed by atoms with E-state index in [1.165, 1.54) is 91.1 Å². The van der Waals surface area contributed by atoms with Gasteiger partial charge in [0.15, 0.2) is 0 Å². The van der Waals surface area contributed by atoms with Gasteiger partial charge in [-0.15, -0.1) is 0 Å². The number of amides is 5. The van der Waals surface area contributed by atoms with Gasteiger partial charge >= 0.3 is 0 Å². The average molecular weight is 1200 g/mol. The van der Waals surface area contributed by atoms with Crippen LogP contribution in [0.4, 0.5) is 17.1 Å². The van der Waals surface area contributed by atoms with Gasteiger partial charge in [-0.05, 0) is 144 Å². The van der Waals surface area contributed by atoms with E-state index in [0.717, 1.165) is 149 Å². The lowest BCUT2D eigenvalue weighted by Crippen LogP contribution is -2.65. The zero-order valence-electron chi connectivity index (χ0n) is 53.7. The van der Waals surface area contributed by atoms with Crippen molar-refractivity contribution in [2.45, 2.75) is 238 Å². The van der Waals surface area contributed by atoms with Gasteiger partial charge in [0, 0.05) is 92.8 Å². The van der Waals surface area contributed by atoms with E-state index >= 15 is 0 Å². The van der Waals surface area contributed by atoms with E-state index in [0.29, 0.717) is 64.6 Å². The van der Waals surface area contributed by atoms with Crippen LogP contribution in [0.5, 0.6) is 0 Å². The summed E-state index contributed by atoms with van der Waals surface area (Å²) in [6.07, 6.45) is 24.9. The topological polar surface area (TPSA) is 155 Å². The molecule has 16 heteroatoms. The number of unbranched alkanes of at least 4 members (excludes halogenated alkanes) is 3. The Morgan fingerprint density at radius 1 is 0.404 bits per heavy atom. The van der Waals surface area contributed by atoms with Crippen LogP contribution >= 0.6 is 0 Å². The van der Waals surface area contributed by atoms with Crippen LogP contribution in [0.25, 0.3) is 0 Å². The fourth-order valence-electron chi connectivity index (χ4n) is 16.4. The highest BCUT2D eigenvalue weighted by Gasteiger charge is 2.61. The summed E-state index contributed by atoms with van der Waals surface area (Å²) in [7, 11) is 0. The fraction of sp³-hybridized carbons (Fsp3) is 0.562. The SMILES string of the molecule is CCCCn1c(CN2C(=O)C3(CCC3)c3ccccc32)nc2c1CCCC2.CCCCn1c(CN2C(=O)C3(CN(C(=O)CC)C3)c3ccccc32)nc2c1CCCC2.CCCCn1c(CN2C(=O)C3(CN(C(=O)CC)C3)c3ccccc32)nc2c1CCCC2. The summed E-state index contributed by atoms with van der Waals surface area (Å²) in [6, 6.07) is 24.7. The van der Waals surface area contributed by atoms with Gasteiger partial charge in [0.25, 0.3) is 0 Å². The Labute approximate surface area is 526 Å². The minimum absolute atomic E-state index is 0.122. The molecule has 3 fully saturated rings. The van der Waals surface area contributed by atoms with Gasteiger partial charge in [-0.1, -0.05) is 115 Å². The number of rotatable bonds is 17. The lowest BCUT2D eigenvalue weighted by Gasteiger charge is -2.46. The third-order valence-corrected chi connectivity index (χ3v) is 21.5. The molecule has 3 aromatic carbocycles. The Morgan fingerprint density at radius 3 is 1.01 bits per heavy atom. The highest BCUT2D eigenvalue weighted by molar-refractivity contribution is 6.11. The standard InChI is InChI=1S/2C25H32N4O2.C23H29N3O/c2*1-3-5-14-28-21-13-9-7-11-19(21)26-22(28)15-29-20-12-8-6-10-18(20)25(24(29)31)16-27(17-25)23(30)4-2;1-2-3-15-25-20-12-7-5-10-18(20)24-21(25)16-26-19-11-6-4-9-17(19)23(22(26)27)13-8-14-23/h2*6,8,10,12H,3-5,7,9,11,13-17H2,1-2H3;4,6,9,11H,2-3,5,7-8,10,12-16H2,1H3. The van der Waals surface area contributed by atoms with Crippen molar-refractivity contribution in [1.29, 1.82) is 0 Å². The van der Waals surface area contributed by atoms with Crippen molar-refractivity contribution < 1.29 is 24.0 Å². The summed E-state index contributed by atoms with van der Waals surface area (Å²) in [4.78, 5) is 89.9. The number of aromatic nitrogens is 6. The summed E-state index contributed by atoms with van der Waals surface area (Å²) in [5.74, 6) is 3.92. The number of carbonyl (C=O) groups excluding carboxylic acids is 5. The van der Waals surface area contributed by atoms with Gasteiger partial charge in [-0.3, -0.25) is 24.0 Å². The Balaban J connectivity index is 0.000000123. The number of para-hydroxylation sites is 3. The summed E-state index contributed by atoms with van der Waals surface area (Å²) in [6.45, 7) is 17.0. The predicted octanol–water partition coefficient (Wildman–Crippen LogP) is 11.7. The molecule has 0 radical (unpaired) electrons. The smallest absolute Gasteiger partial charge is 0.241 e. The van der Waals surface area contributed by atoms with Crippen molar-refractivity contribution in [3.05, 3.63) is 141 Å². The molecule has 3 spiro atoms. The molecule has 2 saturated heterocycles. The zero-order chi connectivity index (χ0) is 61.6. The molecule has 5 aliphatic heterocycles. The molecule has 89 heavy (non-hydrogen) atoms. The van der Waals surface area contributed by atoms with E-state index in [1.54, 1.807) is 0 Å². The van der Waals surface area contributed by atoms with E-state index in [1.807, 2.05) is 74.7 Å². The molecule has 6 aromatic rings. The zero-order valence-corrected chi connectivity index (χ0v) is 53.7. The minimum Gasteiger partial charge on any atom is -0.340 e. The van der Waals surface area contributed by atoms with E-state index in [2.05, 4.69) is 70.9 Å². The van der Waals surface area contributed by atoms with Gasteiger partial charge in [0.05, 0.1) is 42.1 Å². The van der Waals surface area contributed by atoms with Gasteiger partial charge in [0.2, 0.25) is 29.5 Å². The fourth-order valence-corrected chi connectivity index (χ4v) is 16.4. The molecule has 15 rings (SSSR count). The van der Waals surface area contributed by atoms with Crippen molar-refractivity contribution in [1.82, 2.24) is 38.5 Å². The number of imidazole rings is 3. The Bertz CT molecular complexity index is 3500. The molecule has 0 atom stereocenters. The molecule has 5 amide bonds. The third kappa shape index (κ3) is 10.4. The first kappa shape index (κ1) is 60.5. The summed E-state index contributed by atoms with van der Waals surface area (Å²) < 4.78 is 7.23. The van der Waals surface area contributed by atoms with Crippen molar-refractivity contribution in [2.24, 2.45) is 0 Å². The maximum atomic E-state index is 13.7. The molecule has 3 aromatic heterocycles. The number of anilines is 3. The van der Waals surface area contributed by atoms with E-state index in [4.69, 9.17) is 15.0 Å². The van der Waals surface area contributed by atoms with E-state index < -0.39 is 10.8 Å². The summed E-state index contributed by atoms with van der Waals surface area (Å²) in [5.41, 5.74) is 13.0. The number of fused-ring (bicyclic) bond motifs is 9. The first-order valence-corrected chi connectivity index (χ1v) is 34.4. The quantitative estimate of drug-likeness (QED) is 0.0874. The molecule has 8 heterocycles. The second-order valence-corrected chi connectivity index (χ2v) is 26.9. The van der Waals surface area contributed by atoms with Crippen molar-refractivity contribution >= 4 is 46.6 Å². The average Bonchev–Trinajstić information content (AvgIpc) is 1.59. The van der Waals surface area contributed by atoms with Crippen LogP contribution in [0, 0.1) is 0 Å². The van der Waals surface area contributed by atoms with Crippen LogP contribution < -0.4 is 14.7 Å². The molecule has 9 aliphatic rings. The highest BCUT2D eigenvalue weighted by atomic mass is 16.2. The molecule has 1 saturated carbocycles. The van der Waals surface area contributed by atoms with Crippen LogP contribution in [0.3, 0.4) is 0 Å². The second-order valence-electron chi connectivity index (χ2n) is 26.9. The molecule has 0 unspecified atom stereocenters. The molecule has 470 valence electrons. The predicted molar refractivity (Wildman–Crippen MR) is 347 cm³/mol. The number of likely N-dealkylation sites (tertiary alicyclic amines) is 2. The molecular formula is C73H93N11O5. The van der Waals surface area contributed by atoms with Gasteiger partial charge in [-0.2, -0.15) is 0 Å². The Hall–Kier alpha value is -7.36. The lowest BCUT2D eigenvalue weighted by molar-refractivity contribution is -0.145. The first-order valence-electron chi connectivity index (χ1n) is 34.4. The lowest BCUT2D eigenvalue weighted by atomic mass is 9.65. The molecular weight excluding hydrogens is 1110 g/mol. The molecule has 16 nitrogen and oxygen atoms in total. The Kier molecular flexibility index (Phi) is 17.1. The highest BCUT2D eigenvalue weighted by Crippen LogP contribution is 2.54. The van der Waals surface area contributed by atoms with Crippen molar-refractivity contribution in [3.8, 4) is 0 Å². The van der Waals surface area contributed by atoms with Crippen LogP contribution in [-0.4, -0.2) is 94.2 Å². The number of aryl methyl sites for hydroxylation is 3. The van der Waals surface area contributed by atoms with Crippen LogP contribution in [-0.2, 0) is 118 Å². The molecule has 0 bridgehead atoms. The number of nitrogens with zero attached hydrogens (tertiary/aromatic N) is 11. The second kappa shape index (κ2) is 25.1. The largest absolute Gasteiger partial charge is 0.340 e. The monoisotopic (exact) mass is 1200 g/mol. The maximum absolute atomic E-state index is 13.7. The number of hydrogen-bond donors (Lipinski definition) is 0. The normalized spacial score (nSPS) is 19.2. The van der Waals surface area contributed by atoms with Crippen LogP contribution in [0.15, 0.2) is 72.8 Å². The minimum atomic E-state index is -0.581. The van der Waals surface area contributed by atoms with Gasteiger partial charge in [-0.25, -0.2) is 15.0 Å². The van der Waals surface area contributed by atoms with Gasteiger partial charge < -0.3 is 38.2 Å². The number of carbonyl (C=O) groups is 5. The van der Waals surface area contributed by atoms with Crippen molar-refractivity contribution in [2.75, 3.05) is 40.9 Å². The maximum Gasteiger partial charge on any atom is 0.241 e.